The van der Waals surface area contributed by atoms with Crippen molar-refractivity contribution in [2.24, 2.45) is 5.92 Å². The highest BCUT2D eigenvalue weighted by Gasteiger charge is 2.22. The molecule has 1 heterocycles. The number of benzene rings is 1. The van der Waals surface area contributed by atoms with Gasteiger partial charge in [-0.25, -0.2) is 0 Å². The summed E-state index contributed by atoms with van der Waals surface area (Å²) in [6.45, 7) is 9.03. The van der Waals surface area contributed by atoms with E-state index in [0.29, 0.717) is 17.2 Å². The first kappa shape index (κ1) is 15.3. The topological polar surface area (TPSA) is 49.6 Å². The highest BCUT2D eigenvalue weighted by molar-refractivity contribution is 9.10. The van der Waals surface area contributed by atoms with Crippen LogP contribution in [0.5, 0.6) is 0 Å². The van der Waals surface area contributed by atoms with Crippen LogP contribution in [0.4, 0.5) is 5.69 Å². The third-order valence-electron chi connectivity index (χ3n) is 3.45. The van der Waals surface area contributed by atoms with E-state index in [4.69, 9.17) is 5.73 Å². The van der Waals surface area contributed by atoms with Crippen LogP contribution in [0, 0.1) is 5.92 Å². The first-order valence-corrected chi connectivity index (χ1v) is 7.82. The SMILES string of the molecule is CC(C)CN1CCN(C(=O)c2cc(N)cc(Br)c2)CC1. The molecule has 0 bridgehead atoms. The molecular formula is C15H22BrN3O. The van der Waals surface area contributed by atoms with Gasteiger partial charge in [0, 0.05) is 48.4 Å². The fourth-order valence-corrected chi connectivity index (χ4v) is 3.08. The Hall–Kier alpha value is -1.07. The average Bonchev–Trinajstić information content (AvgIpc) is 2.37. The number of piperazine rings is 1. The third kappa shape index (κ3) is 3.96. The lowest BCUT2D eigenvalue weighted by molar-refractivity contribution is 0.0624. The van der Waals surface area contributed by atoms with Crippen LogP contribution >= 0.6 is 15.9 Å². The number of halogens is 1. The Balaban J connectivity index is 1.98. The van der Waals surface area contributed by atoms with Crippen LogP contribution < -0.4 is 5.73 Å². The summed E-state index contributed by atoms with van der Waals surface area (Å²) in [7, 11) is 0. The molecule has 0 atom stereocenters. The second-order valence-electron chi connectivity index (χ2n) is 5.76. The van der Waals surface area contributed by atoms with Crippen molar-refractivity contribution in [1.82, 2.24) is 9.80 Å². The average molecular weight is 340 g/mol. The van der Waals surface area contributed by atoms with Gasteiger partial charge in [0.05, 0.1) is 0 Å². The van der Waals surface area contributed by atoms with Crippen LogP contribution in [0.2, 0.25) is 0 Å². The predicted molar refractivity (Wildman–Crippen MR) is 85.7 cm³/mol. The van der Waals surface area contributed by atoms with E-state index in [1.165, 1.54) is 0 Å². The third-order valence-corrected chi connectivity index (χ3v) is 3.91. The maximum absolute atomic E-state index is 12.5. The zero-order valence-electron chi connectivity index (χ0n) is 12.1. The van der Waals surface area contributed by atoms with E-state index >= 15 is 0 Å². The molecule has 1 aliphatic rings. The molecule has 2 N–H and O–H groups in total. The van der Waals surface area contributed by atoms with E-state index in [1.54, 1.807) is 12.1 Å². The van der Waals surface area contributed by atoms with Gasteiger partial charge in [0.15, 0.2) is 0 Å². The summed E-state index contributed by atoms with van der Waals surface area (Å²) in [6.07, 6.45) is 0. The van der Waals surface area contributed by atoms with E-state index < -0.39 is 0 Å². The van der Waals surface area contributed by atoms with Gasteiger partial charge in [-0.2, -0.15) is 0 Å². The molecule has 0 aromatic heterocycles. The number of hydrogen-bond donors (Lipinski definition) is 1. The molecule has 0 unspecified atom stereocenters. The van der Waals surface area contributed by atoms with Crippen LogP contribution in [0.25, 0.3) is 0 Å². The molecular weight excluding hydrogens is 318 g/mol. The van der Waals surface area contributed by atoms with Crippen molar-refractivity contribution in [3.63, 3.8) is 0 Å². The van der Waals surface area contributed by atoms with Crippen LogP contribution in [-0.2, 0) is 0 Å². The largest absolute Gasteiger partial charge is 0.399 e. The molecule has 1 saturated heterocycles. The lowest BCUT2D eigenvalue weighted by Crippen LogP contribution is -2.49. The summed E-state index contributed by atoms with van der Waals surface area (Å²) in [5, 5.41) is 0. The molecule has 1 aromatic rings. The van der Waals surface area contributed by atoms with Crippen LogP contribution in [0.1, 0.15) is 24.2 Å². The molecule has 5 heteroatoms. The van der Waals surface area contributed by atoms with Gasteiger partial charge in [-0.15, -0.1) is 0 Å². The number of anilines is 1. The fourth-order valence-electron chi connectivity index (χ4n) is 2.57. The Labute approximate surface area is 129 Å². The van der Waals surface area contributed by atoms with E-state index in [9.17, 15) is 4.79 Å². The van der Waals surface area contributed by atoms with E-state index in [1.807, 2.05) is 11.0 Å². The summed E-state index contributed by atoms with van der Waals surface area (Å²) in [6, 6.07) is 5.38. The number of rotatable bonds is 3. The van der Waals surface area contributed by atoms with E-state index in [0.717, 1.165) is 37.2 Å². The number of nitrogen functional groups attached to an aromatic ring is 1. The molecule has 0 spiro atoms. The maximum Gasteiger partial charge on any atom is 0.254 e. The summed E-state index contributed by atoms with van der Waals surface area (Å²) in [5.74, 6) is 0.740. The smallest absolute Gasteiger partial charge is 0.254 e. The lowest BCUT2D eigenvalue weighted by atomic mass is 10.1. The van der Waals surface area contributed by atoms with Crippen LogP contribution in [0.15, 0.2) is 22.7 Å². The van der Waals surface area contributed by atoms with Gasteiger partial charge in [0.25, 0.3) is 5.91 Å². The van der Waals surface area contributed by atoms with Gasteiger partial charge in [0.1, 0.15) is 0 Å². The number of nitrogens with two attached hydrogens (primary N) is 1. The van der Waals surface area contributed by atoms with Crippen molar-refractivity contribution in [2.45, 2.75) is 13.8 Å². The van der Waals surface area contributed by atoms with Crippen molar-refractivity contribution < 1.29 is 4.79 Å². The Morgan fingerprint density at radius 3 is 2.45 bits per heavy atom. The molecule has 0 aliphatic carbocycles. The lowest BCUT2D eigenvalue weighted by Gasteiger charge is -2.35. The number of hydrogen-bond acceptors (Lipinski definition) is 3. The summed E-state index contributed by atoms with van der Waals surface area (Å²) >= 11 is 3.38. The first-order valence-electron chi connectivity index (χ1n) is 7.03. The zero-order valence-corrected chi connectivity index (χ0v) is 13.7. The Kier molecular flexibility index (Phi) is 5.05. The molecule has 4 nitrogen and oxygen atoms in total. The predicted octanol–water partition coefficient (Wildman–Crippen LogP) is 2.45. The normalized spacial score (nSPS) is 16.7. The molecule has 20 heavy (non-hydrogen) atoms. The first-order chi connectivity index (χ1) is 9.45. The minimum atomic E-state index is 0.0715. The number of amides is 1. The summed E-state index contributed by atoms with van der Waals surface area (Å²) in [5.41, 5.74) is 7.07. The highest BCUT2D eigenvalue weighted by atomic mass is 79.9. The minimum absolute atomic E-state index is 0.0715. The molecule has 1 aromatic carbocycles. The maximum atomic E-state index is 12.5. The second kappa shape index (κ2) is 6.59. The summed E-state index contributed by atoms with van der Waals surface area (Å²) in [4.78, 5) is 16.8. The van der Waals surface area contributed by atoms with Gasteiger partial charge in [-0.1, -0.05) is 29.8 Å². The van der Waals surface area contributed by atoms with Crippen LogP contribution in [-0.4, -0.2) is 48.4 Å². The van der Waals surface area contributed by atoms with Crippen molar-refractivity contribution in [3.8, 4) is 0 Å². The Morgan fingerprint density at radius 1 is 1.25 bits per heavy atom. The molecule has 0 saturated carbocycles. The zero-order chi connectivity index (χ0) is 14.7. The molecule has 1 fully saturated rings. The number of carbonyl (C=O) groups excluding carboxylic acids is 1. The van der Waals surface area contributed by atoms with E-state index in [-0.39, 0.29) is 5.91 Å². The van der Waals surface area contributed by atoms with Gasteiger partial charge in [0.2, 0.25) is 0 Å². The molecule has 1 amide bonds. The number of nitrogens with zero attached hydrogens (tertiary/aromatic N) is 2. The molecule has 1 aliphatic heterocycles. The highest BCUT2D eigenvalue weighted by Crippen LogP contribution is 2.19. The van der Waals surface area contributed by atoms with Crippen LogP contribution in [0.3, 0.4) is 0 Å². The Bertz CT molecular complexity index is 462. The molecule has 0 radical (unpaired) electrons. The monoisotopic (exact) mass is 339 g/mol. The summed E-state index contributed by atoms with van der Waals surface area (Å²) < 4.78 is 0.847. The van der Waals surface area contributed by atoms with Gasteiger partial charge in [-0.05, 0) is 24.1 Å². The van der Waals surface area contributed by atoms with Crippen molar-refractivity contribution in [1.29, 1.82) is 0 Å². The van der Waals surface area contributed by atoms with Gasteiger partial charge in [-0.3, -0.25) is 9.69 Å². The quantitative estimate of drug-likeness (QED) is 0.860. The second-order valence-corrected chi connectivity index (χ2v) is 6.68. The van der Waals surface area contributed by atoms with Gasteiger partial charge >= 0.3 is 0 Å². The van der Waals surface area contributed by atoms with Gasteiger partial charge < -0.3 is 10.6 Å². The Morgan fingerprint density at radius 2 is 1.90 bits per heavy atom. The fraction of sp³-hybridized carbons (Fsp3) is 0.533. The minimum Gasteiger partial charge on any atom is -0.399 e. The van der Waals surface area contributed by atoms with Crippen molar-refractivity contribution in [2.75, 3.05) is 38.5 Å². The van der Waals surface area contributed by atoms with Crippen molar-refractivity contribution in [3.05, 3.63) is 28.2 Å². The standard InChI is InChI=1S/C15H22BrN3O/c1-11(2)10-18-3-5-19(6-4-18)15(20)12-7-13(16)9-14(17)8-12/h7-9,11H,3-6,10,17H2,1-2H3. The van der Waals surface area contributed by atoms with Crippen molar-refractivity contribution >= 4 is 27.5 Å². The van der Waals surface area contributed by atoms with E-state index in [2.05, 4.69) is 34.7 Å². The molecule has 110 valence electrons. The molecule has 2 rings (SSSR count). The number of carbonyl (C=O) groups is 1.